The number of carbonyl (C=O) groups excluding carboxylic acids is 1. The van der Waals surface area contributed by atoms with Gasteiger partial charge in [-0.25, -0.2) is 18.2 Å². The first kappa shape index (κ1) is 22.1. The number of urea groups is 1. The van der Waals surface area contributed by atoms with Crippen LogP contribution in [0.5, 0.6) is 5.75 Å². The number of sulfonamides is 1. The first-order valence-electron chi connectivity index (χ1n) is 8.31. The van der Waals surface area contributed by atoms with Gasteiger partial charge in [0.05, 0.1) is 6.61 Å². The van der Waals surface area contributed by atoms with Gasteiger partial charge in [0.25, 0.3) is 10.0 Å². The zero-order valence-corrected chi connectivity index (χ0v) is 18.4. The highest BCUT2D eigenvalue weighted by molar-refractivity contribution is 7.92. The molecule has 0 unspecified atom stereocenters. The number of hydrogen-bond acceptors (Lipinski definition) is 7. The van der Waals surface area contributed by atoms with E-state index in [9.17, 15) is 13.2 Å². The number of carbonyl (C=O) groups is 1. The van der Waals surface area contributed by atoms with E-state index < -0.39 is 21.5 Å². The Morgan fingerprint density at radius 3 is 2.61 bits per heavy atom. The van der Waals surface area contributed by atoms with Crippen molar-refractivity contribution in [3.8, 4) is 5.75 Å². The molecule has 0 spiro atoms. The molecule has 11 heteroatoms. The highest BCUT2D eigenvalue weighted by Crippen LogP contribution is 2.37. The minimum atomic E-state index is -4.40. The number of rotatable bonds is 6. The molecule has 0 atom stereocenters. The molecule has 0 bridgehead atoms. The van der Waals surface area contributed by atoms with Crippen LogP contribution in [0, 0.1) is 0 Å². The van der Waals surface area contributed by atoms with Crippen molar-refractivity contribution in [3.63, 3.8) is 0 Å². The van der Waals surface area contributed by atoms with Crippen molar-refractivity contribution in [2.75, 3.05) is 13.7 Å². The number of nitrogens with two attached hydrogens (primary N) is 1. The summed E-state index contributed by atoms with van der Waals surface area (Å²) in [5, 5.41) is 4.80. The molecule has 0 fully saturated rings. The predicted molar refractivity (Wildman–Crippen MR) is 112 cm³/mol. The Morgan fingerprint density at radius 1 is 1.43 bits per heavy atom. The lowest BCUT2D eigenvalue weighted by molar-refractivity contribution is 0.242. The van der Waals surface area contributed by atoms with E-state index in [1.807, 2.05) is 19.2 Å². The van der Waals surface area contributed by atoms with Crippen molar-refractivity contribution in [3.05, 3.63) is 40.3 Å². The summed E-state index contributed by atoms with van der Waals surface area (Å²) >= 11 is 6.43. The molecule has 0 aliphatic rings. The van der Waals surface area contributed by atoms with E-state index in [-0.39, 0.29) is 22.4 Å². The Kier molecular flexibility index (Phi) is 6.63. The second-order valence-electron chi connectivity index (χ2n) is 6.22. The molecular weight excluding hydrogens is 420 g/mol. The van der Waals surface area contributed by atoms with Crippen LogP contribution < -0.4 is 15.8 Å². The second kappa shape index (κ2) is 8.41. The fourth-order valence-corrected chi connectivity index (χ4v) is 5.13. The lowest BCUT2D eigenvalue weighted by Gasteiger charge is -2.26. The van der Waals surface area contributed by atoms with Gasteiger partial charge in [0, 0.05) is 24.0 Å². The fourth-order valence-electron chi connectivity index (χ4n) is 2.56. The summed E-state index contributed by atoms with van der Waals surface area (Å²) in [6.07, 6.45) is 1.69. The van der Waals surface area contributed by atoms with Crippen LogP contribution in [0.4, 0.5) is 4.79 Å². The number of thiazole rings is 1. The van der Waals surface area contributed by atoms with E-state index in [2.05, 4.69) is 10.3 Å². The summed E-state index contributed by atoms with van der Waals surface area (Å²) in [4.78, 5) is 16.0. The monoisotopic (exact) mass is 442 g/mol. The number of primary amides is 1. The maximum atomic E-state index is 13.2. The minimum Gasteiger partial charge on any atom is -0.492 e. The smallest absolute Gasteiger partial charge is 0.335 e. The highest BCUT2D eigenvalue weighted by atomic mass is 32.2. The van der Waals surface area contributed by atoms with Crippen molar-refractivity contribution in [1.29, 1.82) is 0 Å². The van der Waals surface area contributed by atoms with Crippen molar-refractivity contribution < 1.29 is 17.9 Å². The topological polar surface area (TPSA) is 115 Å². The number of amides is 2. The van der Waals surface area contributed by atoms with Crippen LogP contribution in [0.2, 0.25) is 0 Å². The summed E-state index contributed by atoms with van der Waals surface area (Å²) in [5.41, 5.74) is 5.41. The molecule has 0 radical (unpaired) electrons. The number of aromatic nitrogens is 1. The van der Waals surface area contributed by atoms with Crippen LogP contribution in [0.1, 0.15) is 31.3 Å². The summed E-state index contributed by atoms with van der Waals surface area (Å²) in [6, 6.07) is 3.58. The molecule has 0 saturated heterocycles. The molecule has 1 heterocycles. The molecule has 2 aromatic rings. The zero-order valence-electron chi connectivity index (χ0n) is 15.9. The first-order chi connectivity index (χ1) is 13.1. The maximum absolute atomic E-state index is 13.2. The number of nitrogens with one attached hydrogen (secondary N) is 1. The molecule has 28 heavy (non-hydrogen) atoms. The largest absolute Gasteiger partial charge is 0.492 e. The average molecular weight is 443 g/mol. The van der Waals surface area contributed by atoms with Crippen molar-refractivity contribution in [2.24, 2.45) is 5.73 Å². The van der Waals surface area contributed by atoms with Gasteiger partial charge in [-0.15, -0.1) is 11.3 Å². The lowest BCUT2D eigenvalue weighted by Crippen LogP contribution is -2.48. The normalized spacial score (nSPS) is 11.7. The van der Waals surface area contributed by atoms with Gasteiger partial charge in [0.2, 0.25) is 0 Å². The van der Waals surface area contributed by atoms with Crippen LogP contribution in [-0.4, -0.2) is 42.5 Å². The third-order valence-electron chi connectivity index (χ3n) is 4.05. The molecule has 8 nitrogen and oxygen atoms in total. The lowest BCUT2D eigenvalue weighted by atomic mass is 9.85. The molecular formula is C17H22N4O4S3. The van der Waals surface area contributed by atoms with Gasteiger partial charge in [-0.2, -0.15) is 4.31 Å². The van der Waals surface area contributed by atoms with Gasteiger partial charge < -0.3 is 15.8 Å². The molecule has 3 N–H and O–H groups in total. The van der Waals surface area contributed by atoms with E-state index in [1.54, 1.807) is 25.3 Å². The summed E-state index contributed by atoms with van der Waals surface area (Å²) < 4.78 is 32.3. The second-order valence-corrected chi connectivity index (χ2v) is 9.26. The van der Waals surface area contributed by atoms with E-state index in [0.717, 1.165) is 5.01 Å². The van der Waals surface area contributed by atoms with Crippen LogP contribution in [0.15, 0.2) is 34.7 Å². The predicted octanol–water partition coefficient (Wildman–Crippen LogP) is 2.44. The van der Waals surface area contributed by atoms with Crippen molar-refractivity contribution in [2.45, 2.75) is 31.1 Å². The molecule has 152 valence electrons. The Hall–Kier alpha value is -2.24. The first-order valence-corrected chi connectivity index (χ1v) is 11.0. The molecule has 1 aromatic carbocycles. The highest BCUT2D eigenvalue weighted by Gasteiger charge is 2.36. The molecule has 0 aliphatic carbocycles. The van der Waals surface area contributed by atoms with E-state index in [1.165, 1.54) is 24.5 Å². The SMILES string of the molecule is CCOc1ccc(C(C)(C)c2nccs2)cc1S(=O)(=O)N(C(N)=O)C(=S)NC. The summed E-state index contributed by atoms with van der Waals surface area (Å²) in [6.45, 7) is 5.84. The third kappa shape index (κ3) is 4.10. The zero-order chi connectivity index (χ0) is 21.1. The quantitative estimate of drug-likeness (QED) is 0.660. The standard InChI is InChI=1S/C17H22N4O4S3/c1-5-25-12-7-6-11(17(2,3)14-20-8-9-27-14)10-13(12)28(23,24)21(15(18)22)16(26)19-4/h6-10H,5H2,1-4H3,(H2,18,22)(H,19,26). The number of benzene rings is 1. The number of hydrogen-bond donors (Lipinski definition) is 2. The van der Waals surface area contributed by atoms with E-state index in [4.69, 9.17) is 22.7 Å². The fraction of sp³-hybridized carbons (Fsp3) is 0.353. The molecule has 0 saturated carbocycles. The molecule has 1 aromatic heterocycles. The van der Waals surface area contributed by atoms with Gasteiger partial charge in [0.15, 0.2) is 5.11 Å². The molecule has 2 amide bonds. The van der Waals surface area contributed by atoms with Crippen molar-refractivity contribution in [1.82, 2.24) is 14.6 Å². The van der Waals surface area contributed by atoms with E-state index in [0.29, 0.717) is 9.87 Å². The van der Waals surface area contributed by atoms with Gasteiger partial charge >= 0.3 is 6.03 Å². The van der Waals surface area contributed by atoms with Gasteiger partial charge in [0.1, 0.15) is 15.7 Å². The van der Waals surface area contributed by atoms with Crippen molar-refractivity contribution >= 4 is 44.7 Å². The number of ether oxygens (including phenoxy) is 1. The summed E-state index contributed by atoms with van der Waals surface area (Å²) in [5.74, 6) is 0.103. The van der Waals surface area contributed by atoms with Gasteiger partial charge in [-0.1, -0.05) is 6.07 Å². The third-order valence-corrected chi connectivity index (χ3v) is 7.37. The number of thiocarbonyl (C=S) groups is 1. The van der Waals surface area contributed by atoms with Gasteiger partial charge in [-0.05, 0) is 50.7 Å². The average Bonchev–Trinajstić information content (AvgIpc) is 3.17. The van der Waals surface area contributed by atoms with Crippen LogP contribution >= 0.6 is 23.6 Å². The summed E-state index contributed by atoms with van der Waals surface area (Å²) in [7, 11) is -3.00. The Balaban J connectivity index is 2.70. The van der Waals surface area contributed by atoms with Crippen LogP contribution in [-0.2, 0) is 15.4 Å². The Labute approximate surface area is 173 Å². The van der Waals surface area contributed by atoms with Crippen LogP contribution in [0.25, 0.3) is 0 Å². The van der Waals surface area contributed by atoms with Gasteiger partial charge in [-0.3, -0.25) is 0 Å². The Morgan fingerprint density at radius 2 is 2.11 bits per heavy atom. The van der Waals surface area contributed by atoms with Crippen LogP contribution in [0.3, 0.4) is 0 Å². The molecule has 2 rings (SSSR count). The molecule has 0 aliphatic heterocycles. The number of nitrogens with zero attached hydrogens (tertiary/aromatic N) is 2. The maximum Gasteiger partial charge on any atom is 0.335 e. The van der Waals surface area contributed by atoms with E-state index >= 15 is 0 Å². The minimum absolute atomic E-state index is 0.103. The Bertz CT molecular complexity index is 972.